The average molecular weight is 522 g/mol. The number of rotatable bonds is 6. The topological polar surface area (TPSA) is 82.9 Å². The predicted molar refractivity (Wildman–Crippen MR) is 148 cm³/mol. The maximum Gasteiger partial charge on any atom is 0.410 e. The molecule has 2 heterocycles. The molecule has 1 atom stereocenters. The Labute approximate surface area is 225 Å². The van der Waals surface area contributed by atoms with Crippen molar-refractivity contribution in [2.24, 2.45) is 0 Å². The van der Waals surface area contributed by atoms with Gasteiger partial charge in [0.15, 0.2) is 0 Å². The number of benzene rings is 2. The number of likely N-dealkylation sites (tertiary alicyclic amines) is 1. The maximum absolute atomic E-state index is 12.9. The van der Waals surface area contributed by atoms with E-state index in [-0.39, 0.29) is 18.7 Å². The zero-order valence-corrected chi connectivity index (χ0v) is 23.5. The van der Waals surface area contributed by atoms with E-state index in [0.717, 1.165) is 16.9 Å². The van der Waals surface area contributed by atoms with Gasteiger partial charge in [-0.25, -0.2) is 9.59 Å². The third-order valence-corrected chi connectivity index (χ3v) is 5.88. The molecular formula is C30H39N3O5. The quantitative estimate of drug-likeness (QED) is 0.324. The number of esters is 1. The van der Waals surface area contributed by atoms with Crippen LogP contribution in [0.2, 0.25) is 0 Å². The number of aromatic nitrogens is 2. The molecule has 0 bridgehead atoms. The Morgan fingerprint density at radius 2 is 1.63 bits per heavy atom. The summed E-state index contributed by atoms with van der Waals surface area (Å²) >= 11 is 0. The molecule has 0 saturated carbocycles. The van der Waals surface area contributed by atoms with Gasteiger partial charge >= 0.3 is 12.1 Å². The maximum atomic E-state index is 12.9. The number of amides is 1. The monoisotopic (exact) mass is 521 g/mol. The van der Waals surface area contributed by atoms with Crippen LogP contribution in [0.5, 0.6) is 11.5 Å². The van der Waals surface area contributed by atoms with Crippen LogP contribution in [0.4, 0.5) is 4.79 Å². The Hall–Kier alpha value is -3.81. The van der Waals surface area contributed by atoms with Crippen LogP contribution in [-0.4, -0.2) is 52.0 Å². The van der Waals surface area contributed by atoms with Crippen LogP contribution in [0.15, 0.2) is 54.6 Å². The second-order valence-corrected chi connectivity index (χ2v) is 9.80. The SMILES string of the molecule is CC.CCOC(=O)c1c(C)c(-c2ccc(Oc3ccccc3)cc2)nn1C1CCN(C(=O)OC(C)(C)C)C1. The lowest BCUT2D eigenvalue weighted by molar-refractivity contribution is 0.0288. The molecule has 0 aliphatic carbocycles. The van der Waals surface area contributed by atoms with Gasteiger partial charge in [0.25, 0.3) is 0 Å². The highest BCUT2D eigenvalue weighted by Crippen LogP contribution is 2.32. The molecule has 1 aromatic heterocycles. The van der Waals surface area contributed by atoms with Gasteiger partial charge < -0.3 is 19.1 Å². The smallest absolute Gasteiger partial charge is 0.410 e. The highest BCUT2D eigenvalue weighted by atomic mass is 16.6. The third kappa shape index (κ3) is 6.94. The molecule has 0 radical (unpaired) electrons. The molecule has 38 heavy (non-hydrogen) atoms. The Kier molecular flexibility index (Phi) is 9.55. The van der Waals surface area contributed by atoms with E-state index < -0.39 is 11.6 Å². The summed E-state index contributed by atoms with van der Waals surface area (Å²) in [6.45, 7) is 14.4. The Balaban J connectivity index is 0.00000195. The molecule has 1 saturated heterocycles. The molecule has 2 aromatic carbocycles. The number of para-hydroxylation sites is 1. The minimum absolute atomic E-state index is 0.162. The van der Waals surface area contributed by atoms with Crippen LogP contribution in [-0.2, 0) is 9.47 Å². The number of carbonyl (C=O) groups excluding carboxylic acids is 2. The van der Waals surface area contributed by atoms with Gasteiger partial charge in [0.1, 0.15) is 22.8 Å². The fraction of sp³-hybridized carbons (Fsp3) is 0.433. The molecule has 204 valence electrons. The van der Waals surface area contributed by atoms with Crippen LogP contribution in [0.1, 0.15) is 70.1 Å². The molecular weight excluding hydrogens is 482 g/mol. The van der Waals surface area contributed by atoms with E-state index in [1.54, 1.807) is 16.5 Å². The van der Waals surface area contributed by atoms with Crippen LogP contribution < -0.4 is 4.74 Å². The first-order valence-corrected chi connectivity index (χ1v) is 13.2. The van der Waals surface area contributed by atoms with E-state index >= 15 is 0 Å². The van der Waals surface area contributed by atoms with Gasteiger partial charge in [-0.05, 0) is 77.4 Å². The minimum atomic E-state index is -0.572. The average Bonchev–Trinajstić information content (AvgIpc) is 3.51. The molecule has 1 aliphatic rings. The van der Waals surface area contributed by atoms with Crippen molar-refractivity contribution in [3.63, 3.8) is 0 Å². The first kappa shape index (κ1) is 28.8. The van der Waals surface area contributed by atoms with Gasteiger partial charge in [-0.1, -0.05) is 32.0 Å². The van der Waals surface area contributed by atoms with Gasteiger partial charge in [0, 0.05) is 24.2 Å². The fourth-order valence-electron chi connectivity index (χ4n) is 4.24. The summed E-state index contributed by atoms with van der Waals surface area (Å²) in [6, 6.07) is 17.0. The van der Waals surface area contributed by atoms with Crippen LogP contribution >= 0.6 is 0 Å². The molecule has 4 rings (SSSR count). The van der Waals surface area contributed by atoms with Gasteiger partial charge in [-0.3, -0.25) is 4.68 Å². The lowest BCUT2D eigenvalue weighted by Crippen LogP contribution is -2.35. The standard InChI is InChI=1S/C28H33N3O5.C2H6/c1-6-34-26(32)25-19(2)24(20-12-14-23(15-13-20)35-22-10-8-7-9-11-22)29-31(25)21-16-17-30(18-21)27(33)36-28(3,4)5;1-2/h7-15,21H,6,16-18H2,1-5H3;1-2H3. The van der Waals surface area contributed by atoms with Crippen LogP contribution in [0, 0.1) is 6.92 Å². The van der Waals surface area contributed by atoms with Crippen molar-refractivity contribution < 1.29 is 23.8 Å². The molecule has 3 aromatic rings. The summed E-state index contributed by atoms with van der Waals surface area (Å²) < 4.78 is 18.5. The number of ether oxygens (including phenoxy) is 3. The summed E-state index contributed by atoms with van der Waals surface area (Å²) in [5, 5.41) is 4.84. The van der Waals surface area contributed by atoms with E-state index in [4.69, 9.17) is 19.3 Å². The zero-order valence-electron chi connectivity index (χ0n) is 23.5. The molecule has 1 unspecified atom stereocenters. The third-order valence-electron chi connectivity index (χ3n) is 5.88. The van der Waals surface area contributed by atoms with Gasteiger partial charge in [0.2, 0.25) is 0 Å². The largest absolute Gasteiger partial charge is 0.461 e. The predicted octanol–water partition coefficient (Wildman–Crippen LogP) is 7.04. The van der Waals surface area contributed by atoms with E-state index in [1.165, 1.54) is 0 Å². The normalized spacial score (nSPS) is 14.9. The van der Waals surface area contributed by atoms with E-state index in [1.807, 2.05) is 96.1 Å². The fourth-order valence-corrected chi connectivity index (χ4v) is 4.24. The summed E-state index contributed by atoms with van der Waals surface area (Å²) in [7, 11) is 0. The number of hydrogen-bond acceptors (Lipinski definition) is 6. The van der Waals surface area contributed by atoms with Crippen molar-refractivity contribution in [2.75, 3.05) is 19.7 Å². The zero-order chi connectivity index (χ0) is 27.9. The van der Waals surface area contributed by atoms with E-state index in [2.05, 4.69) is 0 Å². The van der Waals surface area contributed by atoms with Crippen molar-refractivity contribution in [3.05, 3.63) is 65.9 Å². The summed E-state index contributed by atoms with van der Waals surface area (Å²) in [6.07, 6.45) is 0.302. The van der Waals surface area contributed by atoms with Crippen LogP contribution in [0.25, 0.3) is 11.3 Å². The van der Waals surface area contributed by atoms with Crippen LogP contribution in [0.3, 0.4) is 0 Å². The van der Waals surface area contributed by atoms with Gasteiger partial charge in [0.05, 0.1) is 18.3 Å². The van der Waals surface area contributed by atoms with Gasteiger partial charge in [-0.15, -0.1) is 0 Å². The molecule has 8 nitrogen and oxygen atoms in total. The summed E-state index contributed by atoms with van der Waals surface area (Å²) in [5.41, 5.74) is 2.13. The minimum Gasteiger partial charge on any atom is -0.461 e. The number of hydrogen-bond donors (Lipinski definition) is 0. The number of carbonyl (C=O) groups is 2. The van der Waals surface area contributed by atoms with E-state index in [0.29, 0.717) is 36.6 Å². The Bertz CT molecular complexity index is 1210. The van der Waals surface area contributed by atoms with E-state index in [9.17, 15) is 9.59 Å². The highest BCUT2D eigenvalue weighted by molar-refractivity contribution is 5.91. The second-order valence-electron chi connectivity index (χ2n) is 9.80. The Morgan fingerprint density at radius 1 is 1.00 bits per heavy atom. The molecule has 0 spiro atoms. The molecule has 1 aliphatic heterocycles. The first-order chi connectivity index (χ1) is 18.2. The summed E-state index contributed by atoms with van der Waals surface area (Å²) in [4.78, 5) is 27.2. The summed E-state index contributed by atoms with van der Waals surface area (Å²) in [5.74, 6) is 1.04. The first-order valence-electron chi connectivity index (χ1n) is 13.2. The molecule has 0 N–H and O–H groups in total. The molecule has 8 heteroatoms. The van der Waals surface area contributed by atoms with Crippen molar-refractivity contribution in [1.29, 1.82) is 0 Å². The van der Waals surface area contributed by atoms with Crippen molar-refractivity contribution in [1.82, 2.24) is 14.7 Å². The van der Waals surface area contributed by atoms with Crippen molar-refractivity contribution in [3.8, 4) is 22.8 Å². The lowest BCUT2D eigenvalue weighted by Gasteiger charge is -2.24. The number of nitrogens with zero attached hydrogens (tertiary/aromatic N) is 3. The molecule has 1 fully saturated rings. The van der Waals surface area contributed by atoms with Gasteiger partial charge in [-0.2, -0.15) is 5.10 Å². The van der Waals surface area contributed by atoms with Crippen molar-refractivity contribution >= 4 is 12.1 Å². The Morgan fingerprint density at radius 3 is 2.24 bits per heavy atom. The lowest BCUT2D eigenvalue weighted by atomic mass is 10.1. The molecule has 1 amide bonds. The van der Waals surface area contributed by atoms with Crippen molar-refractivity contribution in [2.45, 2.75) is 66.5 Å². The highest BCUT2D eigenvalue weighted by Gasteiger charge is 2.34. The second kappa shape index (κ2) is 12.6.